The topological polar surface area (TPSA) is 12.9 Å². The molecular weight excluding hydrogens is 678 g/mol. The van der Waals surface area contributed by atoms with Gasteiger partial charge in [-0.3, -0.25) is 4.98 Å². The molecule has 0 saturated heterocycles. The Labute approximate surface area is 278 Å². The summed E-state index contributed by atoms with van der Waals surface area (Å²) in [5, 5.41) is 0. The zero-order valence-corrected chi connectivity index (χ0v) is 33.1. The normalized spacial score (nSPS) is 11.5. The molecule has 0 aliphatic rings. The van der Waals surface area contributed by atoms with Crippen molar-refractivity contribution in [2.45, 2.75) is 151 Å². The molecule has 238 valence electrons. The van der Waals surface area contributed by atoms with Crippen LogP contribution in [0.4, 0.5) is 0 Å². The van der Waals surface area contributed by atoms with Gasteiger partial charge in [-0.15, -0.1) is 27.2 Å². The van der Waals surface area contributed by atoms with E-state index < -0.39 is 0 Å². The number of rotatable bonds is 7. The zero-order valence-electron chi connectivity index (χ0n) is 30.2. The average Bonchev–Trinajstić information content (AvgIpc) is 2.89. The van der Waals surface area contributed by atoms with E-state index in [1.807, 2.05) is 6.92 Å². The average molecular weight is 746 g/mol. The van der Waals surface area contributed by atoms with Gasteiger partial charge in [-0.2, -0.15) is 0 Å². The first-order valence-corrected chi connectivity index (χ1v) is 15.4. The molecule has 0 aliphatic carbocycles. The molecule has 0 saturated carbocycles. The Kier molecular flexibility index (Phi) is 22.8. The van der Waals surface area contributed by atoms with Gasteiger partial charge in [-0.25, -0.2) is 0 Å². The van der Waals surface area contributed by atoms with Crippen molar-refractivity contribution in [1.82, 2.24) is 4.98 Å². The molecule has 1 aromatic carbocycles. The molecule has 0 amide bonds. The van der Waals surface area contributed by atoms with Gasteiger partial charge in [0.15, 0.2) is 0 Å². The van der Waals surface area contributed by atoms with Crippen LogP contribution in [0.25, 0.3) is 0 Å². The number of hydrogen-bond acceptors (Lipinski definition) is 1. The van der Waals surface area contributed by atoms with E-state index in [-0.39, 0.29) is 28.5 Å². The first kappa shape index (κ1) is 45.0. The van der Waals surface area contributed by atoms with Gasteiger partial charge in [-0.05, 0) is 137 Å². The van der Waals surface area contributed by atoms with E-state index in [2.05, 4.69) is 135 Å². The fourth-order valence-electron chi connectivity index (χ4n) is 4.69. The molecule has 1 nitrogen and oxygen atoms in total. The Hall–Kier alpha value is -1.46. The number of aryl methyl sites for hydroxylation is 1. The van der Waals surface area contributed by atoms with Crippen LogP contribution >= 0.6 is 0 Å². The summed E-state index contributed by atoms with van der Waals surface area (Å²) in [7, 11) is 0. The van der Waals surface area contributed by atoms with E-state index >= 15 is 0 Å². The van der Waals surface area contributed by atoms with Crippen LogP contribution in [0, 0.1) is 92.2 Å². The summed E-state index contributed by atoms with van der Waals surface area (Å²) in [5.74, 6) is 2.13. The first-order valence-electron chi connectivity index (χ1n) is 15.4. The molecule has 42 heavy (non-hydrogen) atoms. The van der Waals surface area contributed by atoms with Crippen molar-refractivity contribution < 1.29 is 21.1 Å². The van der Waals surface area contributed by atoms with E-state index in [4.69, 9.17) is 0 Å². The van der Waals surface area contributed by atoms with Gasteiger partial charge >= 0.3 is 21.1 Å². The second kappa shape index (κ2) is 21.3. The summed E-state index contributed by atoms with van der Waals surface area (Å²) in [6, 6.07) is 0. The van der Waals surface area contributed by atoms with Crippen LogP contribution in [0.15, 0.2) is 11.1 Å². The third kappa shape index (κ3) is 14.3. The predicted molar refractivity (Wildman–Crippen MR) is 187 cm³/mol. The molecule has 1 aromatic heterocycles. The van der Waals surface area contributed by atoms with E-state index in [1.165, 1.54) is 73.5 Å². The van der Waals surface area contributed by atoms with Crippen molar-refractivity contribution in [2.24, 2.45) is 17.8 Å². The smallest absolute Gasteiger partial charge is 0.376 e. The van der Waals surface area contributed by atoms with Crippen molar-refractivity contribution >= 4 is 0 Å². The molecule has 0 unspecified atom stereocenters. The molecule has 0 fully saturated rings. The number of aromatic nitrogens is 1. The Morgan fingerprint density at radius 3 is 1.36 bits per heavy atom. The van der Waals surface area contributed by atoms with Crippen molar-refractivity contribution in [3.63, 3.8) is 0 Å². The Morgan fingerprint density at radius 2 is 0.976 bits per heavy atom. The van der Waals surface area contributed by atoms with E-state index in [0.29, 0.717) is 11.8 Å². The molecule has 1 heterocycles. The van der Waals surface area contributed by atoms with Gasteiger partial charge in [0.1, 0.15) is 0 Å². The SMILES string of the molecule is C.C[C-]=C(C)C(C)=[C-]CC(C)C.Cc1c(C)c(C)c(CC(C)C)c(C)c1C.Cc1nc(CC(C)C)c(C)c(C)c1C.[W+2]. The van der Waals surface area contributed by atoms with Gasteiger partial charge in [0, 0.05) is 11.4 Å². The Bertz CT molecular complexity index is 1130. The fourth-order valence-corrected chi connectivity index (χ4v) is 4.69. The number of allylic oxidation sites excluding steroid dienone is 4. The third-order valence-electron chi connectivity index (χ3n) is 8.49. The van der Waals surface area contributed by atoms with E-state index in [9.17, 15) is 0 Å². The second-order valence-electron chi connectivity index (χ2n) is 13.1. The second-order valence-corrected chi connectivity index (χ2v) is 13.1. The minimum atomic E-state index is 0. The van der Waals surface area contributed by atoms with Crippen LogP contribution in [0.5, 0.6) is 0 Å². The van der Waals surface area contributed by atoms with Crippen LogP contribution in [-0.4, -0.2) is 4.98 Å². The van der Waals surface area contributed by atoms with Crippen molar-refractivity contribution in [2.75, 3.05) is 0 Å². The predicted octanol–water partition coefficient (Wildman–Crippen LogP) is 12.1. The van der Waals surface area contributed by atoms with Crippen LogP contribution in [0.2, 0.25) is 0 Å². The van der Waals surface area contributed by atoms with Crippen LogP contribution < -0.4 is 0 Å². The van der Waals surface area contributed by atoms with Gasteiger partial charge in [0.05, 0.1) is 0 Å². The number of pyridine rings is 1. The standard InChI is InChI=1S/C15H24.C13H21N.C11H18.CH4.W/c1-9(2)8-15-13(6)11(4)10(3)12(5)14(15)7;1-8(2)7-13-11(5)9(3)10(4)12(6)14-13;1-6-10(4)11(5)8-7-9(2)3;;/h9H,8H2,1-7H3;8H,7H2,1-6H3;9H,7H2,1-5H3;1H4;/q;;-2;;+2. The zero-order chi connectivity index (χ0) is 31.5. The molecule has 2 rings (SSSR count). The van der Waals surface area contributed by atoms with Crippen molar-refractivity contribution in [3.05, 3.63) is 84.8 Å². The molecule has 0 aliphatic heterocycles. The van der Waals surface area contributed by atoms with Crippen LogP contribution in [0.3, 0.4) is 0 Å². The van der Waals surface area contributed by atoms with Crippen molar-refractivity contribution in [1.29, 1.82) is 0 Å². The minimum Gasteiger partial charge on any atom is -0.376 e. The maximum absolute atomic E-state index is 4.67. The number of nitrogens with zero attached hydrogens (tertiary/aromatic N) is 1. The monoisotopic (exact) mass is 745 g/mol. The fraction of sp³-hybridized carbons (Fsp3) is 0.625. The Balaban J connectivity index is -0.000000537. The minimum absolute atomic E-state index is 0. The molecule has 0 bridgehead atoms. The van der Waals surface area contributed by atoms with E-state index in [1.54, 1.807) is 5.56 Å². The van der Waals surface area contributed by atoms with Crippen LogP contribution in [-0.2, 0) is 33.9 Å². The summed E-state index contributed by atoms with van der Waals surface area (Å²) in [6.45, 7) is 39.5. The Morgan fingerprint density at radius 1 is 0.571 bits per heavy atom. The van der Waals surface area contributed by atoms with Gasteiger partial charge in [0.25, 0.3) is 0 Å². The molecule has 2 heteroatoms. The molecule has 2 aromatic rings. The van der Waals surface area contributed by atoms with Gasteiger partial charge in [-0.1, -0.05) is 54.9 Å². The summed E-state index contributed by atoms with van der Waals surface area (Å²) in [4.78, 5) is 4.67. The summed E-state index contributed by atoms with van der Waals surface area (Å²) >= 11 is 0. The maximum Gasteiger partial charge on any atom is 2.00 e. The quantitative estimate of drug-likeness (QED) is 0.203. The largest absolute Gasteiger partial charge is 2.00 e. The third-order valence-corrected chi connectivity index (χ3v) is 8.49. The molecule has 0 spiro atoms. The molecule has 0 N–H and O–H groups in total. The first-order chi connectivity index (χ1) is 18.4. The van der Waals surface area contributed by atoms with E-state index in [0.717, 1.165) is 18.8 Å². The summed E-state index contributed by atoms with van der Waals surface area (Å²) in [5.41, 5.74) is 18.1. The molecule has 0 atom stereocenters. The van der Waals surface area contributed by atoms with Gasteiger partial charge in [0.2, 0.25) is 0 Å². The molecule has 0 radical (unpaired) electrons. The number of hydrogen-bond donors (Lipinski definition) is 0. The van der Waals surface area contributed by atoms with Crippen LogP contribution in [0.1, 0.15) is 138 Å². The number of benzene rings is 1. The summed E-state index contributed by atoms with van der Waals surface area (Å²) < 4.78 is 0. The maximum atomic E-state index is 4.67. The van der Waals surface area contributed by atoms with Crippen molar-refractivity contribution in [3.8, 4) is 0 Å². The van der Waals surface area contributed by atoms with Gasteiger partial charge < -0.3 is 23.3 Å². The molecular formula is C40H67NW. The summed E-state index contributed by atoms with van der Waals surface area (Å²) in [6.07, 6.45) is 9.80.